The van der Waals surface area contributed by atoms with Crippen LogP contribution < -0.4 is 0 Å². The fourth-order valence-corrected chi connectivity index (χ4v) is 1.57. The van der Waals surface area contributed by atoms with Gasteiger partial charge in [0.05, 0.1) is 11.2 Å². The highest BCUT2D eigenvalue weighted by Gasteiger charge is 2.32. The highest BCUT2D eigenvalue weighted by atomic mass is 35.5. The number of aryl methyl sites for hydroxylation is 1. The predicted octanol–water partition coefficient (Wildman–Crippen LogP) is 2.55. The van der Waals surface area contributed by atoms with E-state index in [2.05, 4.69) is 5.10 Å². The fraction of sp³-hybridized carbons (Fsp3) is 0.636. The van der Waals surface area contributed by atoms with Crippen LogP contribution in [-0.4, -0.2) is 28.3 Å². The largest absolute Gasteiger partial charge is 0.371 e. The summed E-state index contributed by atoms with van der Waals surface area (Å²) in [7, 11) is 1.51. The van der Waals surface area contributed by atoms with Crippen LogP contribution in [0, 0.1) is 0 Å². The van der Waals surface area contributed by atoms with Gasteiger partial charge in [-0.2, -0.15) is 5.10 Å². The zero-order valence-corrected chi connectivity index (χ0v) is 10.8. The van der Waals surface area contributed by atoms with Gasteiger partial charge in [0.2, 0.25) is 5.78 Å². The third-order valence-corrected chi connectivity index (χ3v) is 2.78. The summed E-state index contributed by atoms with van der Waals surface area (Å²) in [6.07, 6.45) is 2.39. The van der Waals surface area contributed by atoms with Gasteiger partial charge in [0.25, 0.3) is 0 Å². The van der Waals surface area contributed by atoms with E-state index >= 15 is 0 Å². The maximum absolute atomic E-state index is 12.2. The Kier molecular flexibility index (Phi) is 4.10. The molecule has 0 aliphatic rings. The lowest BCUT2D eigenvalue weighted by Crippen LogP contribution is -2.35. The second kappa shape index (κ2) is 4.97. The molecule has 1 rings (SSSR count). The van der Waals surface area contributed by atoms with Gasteiger partial charge in [-0.05, 0) is 20.3 Å². The van der Waals surface area contributed by atoms with Crippen molar-refractivity contribution in [2.24, 2.45) is 0 Å². The molecule has 0 amide bonds. The molecule has 0 aliphatic carbocycles. The highest BCUT2D eigenvalue weighted by Crippen LogP contribution is 2.23. The Labute approximate surface area is 101 Å². The van der Waals surface area contributed by atoms with Crippen molar-refractivity contribution in [2.45, 2.75) is 39.3 Å². The van der Waals surface area contributed by atoms with Crippen LogP contribution in [0.5, 0.6) is 0 Å². The van der Waals surface area contributed by atoms with Gasteiger partial charge in [-0.15, -0.1) is 0 Å². The molecular formula is C11H17ClN2O2. The number of halogens is 1. The quantitative estimate of drug-likeness (QED) is 0.748. The summed E-state index contributed by atoms with van der Waals surface area (Å²) in [6, 6.07) is 0. The Morgan fingerprint density at radius 1 is 1.62 bits per heavy atom. The van der Waals surface area contributed by atoms with Crippen LogP contribution in [0.15, 0.2) is 6.20 Å². The van der Waals surface area contributed by atoms with Crippen molar-refractivity contribution in [3.8, 4) is 0 Å². The number of carbonyl (C=O) groups excluding carboxylic acids is 1. The first-order valence-corrected chi connectivity index (χ1v) is 5.63. The molecule has 0 bridgehead atoms. The minimum atomic E-state index is -0.880. The Morgan fingerprint density at radius 3 is 2.75 bits per heavy atom. The molecule has 0 fully saturated rings. The molecule has 0 N–H and O–H groups in total. The Morgan fingerprint density at radius 2 is 2.25 bits per heavy atom. The molecule has 0 spiro atoms. The molecular weight excluding hydrogens is 228 g/mol. The number of nitrogens with zero attached hydrogens (tertiary/aromatic N) is 2. The molecule has 1 heterocycles. The second-order valence-corrected chi connectivity index (χ2v) is 4.52. The van der Waals surface area contributed by atoms with Gasteiger partial charge in [-0.1, -0.05) is 18.5 Å². The second-order valence-electron chi connectivity index (χ2n) is 4.11. The molecule has 5 heteroatoms. The monoisotopic (exact) mass is 244 g/mol. The molecule has 0 aromatic carbocycles. The minimum absolute atomic E-state index is 0.147. The number of rotatable bonds is 5. The van der Waals surface area contributed by atoms with Crippen LogP contribution >= 0.6 is 11.6 Å². The molecule has 1 aromatic heterocycles. The standard InChI is InChI=1S/C11H17ClN2O2/c1-5-6-14-9(8(12)7-13-14)10(15)11(2,3)16-4/h7H,5-6H2,1-4H3. The van der Waals surface area contributed by atoms with Crippen LogP contribution in [0.2, 0.25) is 5.02 Å². The van der Waals surface area contributed by atoms with Gasteiger partial charge >= 0.3 is 0 Å². The molecule has 4 nitrogen and oxygen atoms in total. The van der Waals surface area contributed by atoms with E-state index in [1.54, 1.807) is 18.5 Å². The highest BCUT2D eigenvalue weighted by molar-refractivity contribution is 6.34. The summed E-state index contributed by atoms with van der Waals surface area (Å²) in [4.78, 5) is 12.2. The summed E-state index contributed by atoms with van der Waals surface area (Å²) in [5, 5.41) is 4.46. The van der Waals surface area contributed by atoms with Gasteiger partial charge in [0, 0.05) is 13.7 Å². The van der Waals surface area contributed by atoms with Crippen molar-refractivity contribution >= 4 is 17.4 Å². The van der Waals surface area contributed by atoms with Crippen LogP contribution in [-0.2, 0) is 11.3 Å². The van der Waals surface area contributed by atoms with Crippen LogP contribution in [0.4, 0.5) is 0 Å². The lowest BCUT2D eigenvalue weighted by atomic mass is 10.0. The van der Waals surface area contributed by atoms with Crippen molar-refractivity contribution in [1.29, 1.82) is 0 Å². The van der Waals surface area contributed by atoms with E-state index in [-0.39, 0.29) is 5.78 Å². The van der Waals surface area contributed by atoms with E-state index in [0.29, 0.717) is 17.3 Å². The average Bonchev–Trinajstić information content (AvgIpc) is 2.59. The number of methoxy groups -OCH3 is 1. The minimum Gasteiger partial charge on any atom is -0.371 e. The topological polar surface area (TPSA) is 44.1 Å². The molecule has 0 atom stereocenters. The van der Waals surface area contributed by atoms with Gasteiger partial charge in [0.15, 0.2) is 0 Å². The van der Waals surface area contributed by atoms with Crippen molar-refractivity contribution in [3.63, 3.8) is 0 Å². The molecule has 0 saturated heterocycles. The first-order chi connectivity index (χ1) is 7.44. The van der Waals surface area contributed by atoms with Crippen molar-refractivity contribution < 1.29 is 9.53 Å². The van der Waals surface area contributed by atoms with Crippen molar-refractivity contribution in [3.05, 3.63) is 16.9 Å². The average molecular weight is 245 g/mol. The molecule has 1 aromatic rings. The van der Waals surface area contributed by atoms with Gasteiger partial charge in [-0.25, -0.2) is 0 Å². The van der Waals surface area contributed by atoms with Crippen LogP contribution in [0.3, 0.4) is 0 Å². The van der Waals surface area contributed by atoms with Crippen molar-refractivity contribution in [2.75, 3.05) is 7.11 Å². The lowest BCUT2D eigenvalue weighted by Gasteiger charge is -2.21. The van der Waals surface area contributed by atoms with Gasteiger partial charge in [0.1, 0.15) is 11.3 Å². The molecule has 16 heavy (non-hydrogen) atoms. The number of ether oxygens (including phenoxy) is 1. The molecule has 90 valence electrons. The van der Waals surface area contributed by atoms with Crippen LogP contribution in [0.25, 0.3) is 0 Å². The Balaban J connectivity index is 3.12. The first kappa shape index (κ1) is 13.2. The number of ketones is 1. The number of hydrogen-bond acceptors (Lipinski definition) is 3. The number of carbonyl (C=O) groups is 1. The number of Topliss-reactive ketones (excluding diaryl/α,β-unsaturated/α-hetero) is 1. The molecule has 0 saturated carbocycles. The maximum Gasteiger partial charge on any atom is 0.213 e. The van der Waals surface area contributed by atoms with Crippen molar-refractivity contribution in [1.82, 2.24) is 9.78 Å². The molecule has 0 radical (unpaired) electrons. The normalized spacial score (nSPS) is 11.8. The first-order valence-electron chi connectivity index (χ1n) is 5.25. The van der Waals surface area contributed by atoms with Crippen LogP contribution in [0.1, 0.15) is 37.7 Å². The maximum atomic E-state index is 12.2. The summed E-state index contributed by atoms with van der Waals surface area (Å²) in [5.74, 6) is -0.147. The fourth-order valence-electron chi connectivity index (χ4n) is 1.35. The SMILES string of the molecule is CCCn1ncc(Cl)c1C(=O)C(C)(C)OC. The van der Waals surface area contributed by atoms with E-state index < -0.39 is 5.60 Å². The summed E-state index contributed by atoms with van der Waals surface area (Å²) in [5.41, 5.74) is -0.454. The third kappa shape index (κ3) is 2.44. The van der Waals surface area contributed by atoms with E-state index in [4.69, 9.17) is 16.3 Å². The van der Waals surface area contributed by atoms with E-state index in [9.17, 15) is 4.79 Å². The Hall–Kier alpha value is -0.870. The van der Waals surface area contributed by atoms with E-state index in [1.165, 1.54) is 13.3 Å². The van der Waals surface area contributed by atoms with Gasteiger partial charge in [-0.3, -0.25) is 9.48 Å². The Bertz CT molecular complexity index is 385. The van der Waals surface area contributed by atoms with E-state index in [0.717, 1.165) is 6.42 Å². The summed E-state index contributed by atoms with van der Waals surface area (Å²) >= 11 is 5.98. The van der Waals surface area contributed by atoms with E-state index in [1.807, 2.05) is 6.92 Å². The van der Waals surface area contributed by atoms with Gasteiger partial charge < -0.3 is 4.74 Å². The molecule has 0 aliphatic heterocycles. The number of aromatic nitrogens is 2. The third-order valence-electron chi connectivity index (χ3n) is 2.50. The summed E-state index contributed by atoms with van der Waals surface area (Å²) < 4.78 is 6.79. The smallest absolute Gasteiger partial charge is 0.213 e. The predicted molar refractivity (Wildman–Crippen MR) is 62.9 cm³/mol. The zero-order chi connectivity index (χ0) is 12.3. The zero-order valence-electron chi connectivity index (χ0n) is 10.1. The number of hydrogen-bond donors (Lipinski definition) is 0. The molecule has 0 unspecified atom stereocenters. The lowest BCUT2D eigenvalue weighted by molar-refractivity contribution is 0.0218. The summed E-state index contributed by atoms with van der Waals surface area (Å²) in [6.45, 7) is 6.13.